The number of ether oxygens (including phenoxy) is 9. The summed E-state index contributed by atoms with van der Waals surface area (Å²) in [6, 6.07) is 28.1. The number of cyclic esters (lactones) is 2. The maximum Gasteiger partial charge on any atom is 0.508 e. The van der Waals surface area contributed by atoms with Gasteiger partial charge in [0.25, 0.3) is 0 Å². The lowest BCUT2D eigenvalue weighted by Crippen LogP contribution is -2.44. The molecule has 0 atom stereocenters. The van der Waals surface area contributed by atoms with Gasteiger partial charge in [0.05, 0.1) is 5.39 Å². The van der Waals surface area contributed by atoms with Crippen LogP contribution in [0, 0.1) is 11.3 Å². The fourth-order valence-electron chi connectivity index (χ4n) is 6.50. The molecule has 0 radical (unpaired) electrons. The van der Waals surface area contributed by atoms with E-state index in [0.29, 0.717) is 52.8 Å². The first-order valence-electron chi connectivity index (χ1n) is 21.5. The molecule has 15 nitrogen and oxygen atoms in total. The van der Waals surface area contributed by atoms with Gasteiger partial charge >= 0.3 is 30.0 Å². The van der Waals surface area contributed by atoms with Crippen molar-refractivity contribution in [2.75, 3.05) is 52.9 Å². The molecule has 1 aromatic heterocycles. The number of carbonyl (C=O) groups is 5. The van der Waals surface area contributed by atoms with Crippen molar-refractivity contribution in [2.24, 2.45) is 11.3 Å². The van der Waals surface area contributed by atoms with E-state index in [-0.39, 0.29) is 62.1 Å². The third kappa shape index (κ3) is 13.7. The molecule has 1 aliphatic rings. The Labute approximate surface area is 393 Å². The van der Waals surface area contributed by atoms with Crippen molar-refractivity contribution >= 4 is 41.0 Å². The summed E-state index contributed by atoms with van der Waals surface area (Å²) in [7, 11) is 0. The number of esters is 4. The summed E-state index contributed by atoms with van der Waals surface area (Å²) in [6.07, 6.45) is 0.758. The molecule has 0 bridgehead atoms. The van der Waals surface area contributed by atoms with Crippen LogP contribution in [-0.4, -0.2) is 82.9 Å². The normalized spacial score (nSPS) is 12.4. The molecular formula is C53H52O15. The van der Waals surface area contributed by atoms with Crippen molar-refractivity contribution in [2.45, 2.75) is 27.2 Å². The average molecular weight is 929 g/mol. The number of rotatable bonds is 23. The summed E-state index contributed by atoms with van der Waals surface area (Å²) in [6.45, 7) is 18.6. The van der Waals surface area contributed by atoms with Gasteiger partial charge in [0.1, 0.15) is 87.4 Å². The number of carbonyl (C=O) groups excluding carboxylic acids is 5. The third-order valence-corrected chi connectivity index (χ3v) is 10.4. The van der Waals surface area contributed by atoms with Gasteiger partial charge in [-0.1, -0.05) is 68.8 Å². The van der Waals surface area contributed by atoms with E-state index in [2.05, 4.69) is 26.3 Å². The summed E-state index contributed by atoms with van der Waals surface area (Å²) in [4.78, 5) is 61.4. The predicted octanol–water partition coefficient (Wildman–Crippen LogP) is 9.58. The quantitative estimate of drug-likeness (QED) is 0.0261. The fraction of sp³-hybridized carbons (Fsp3) is 0.264. The Bertz CT molecular complexity index is 2630. The van der Waals surface area contributed by atoms with Gasteiger partial charge in [0, 0.05) is 28.2 Å². The second-order valence-corrected chi connectivity index (χ2v) is 16.4. The summed E-state index contributed by atoms with van der Waals surface area (Å²) < 4.78 is 55.5. The van der Waals surface area contributed by atoms with E-state index in [1.165, 1.54) is 20.1 Å². The zero-order valence-corrected chi connectivity index (χ0v) is 38.1. The van der Waals surface area contributed by atoms with Crippen molar-refractivity contribution in [3.05, 3.63) is 146 Å². The molecule has 1 saturated heterocycles. The van der Waals surface area contributed by atoms with Gasteiger partial charge in [-0.15, -0.1) is 0 Å². The van der Waals surface area contributed by atoms with E-state index < -0.39 is 42.1 Å². The van der Waals surface area contributed by atoms with E-state index >= 15 is 0 Å². The van der Waals surface area contributed by atoms with Crippen LogP contribution in [0.5, 0.6) is 23.0 Å². The van der Waals surface area contributed by atoms with Crippen LogP contribution in [0.4, 0.5) is 4.79 Å². The smallest absolute Gasteiger partial charge is 0.493 e. The molecule has 0 spiro atoms. The molecule has 5 aromatic rings. The Morgan fingerprint density at radius 2 is 1.01 bits per heavy atom. The predicted molar refractivity (Wildman–Crippen MR) is 250 cm³/mol. The van der Waals surface area contributed by atoms with Crippen LogP contribution in [0.1, 0.15) is 27.2 Å². The Balaban J connectivity index is 1.01. The van der Waals surface area contributed by atoms with Gasteiger partial charge in [0.15, 0.2) is 5.75 Å². The Hall–Kier alpha value is -8.07. The molecule has 68 heavy (non-hydrogen) atoms. The summed E-state index contributed by atoms with van der Waals surface area (Å²) in [5.41, 5.74) is 3.53. The Kier molecular flexibility index (Phi) is 16.6. The van der Waals surface area contributed by atoms with E-state index in [0.717, 1.165) is 22.3 Å². The molecule has 0 unspecified atom stereocenters. The molecular weight excluding hydrogens is 877 g/mol. The first-order valence-corrected chi connectivity index (χ1v) is 21.5. The number of fused-ring (bicyclic) bond motifs is 1. The van der Waals surface area contributed by atoms with E-state index in [1.54, 1.807) is 19.1 Å². The number of hydrogen-bond donors (Lipinski definition) is 0. The summed E-state index contributed by atoms with van der Waals surface area (Å²) in [5, 5.41) is 0.684. The maximum absolute atomic E-state index is 13.1. The van der Waals surface area contributed by atoms with Crippen molar-refractivity contribution in [3.63, 3.8) is 0 Å². The molecule has 4 aromatic carbocycles. The minimum atomic E-state index is -1.38. The summed E-state index contributed by atoms with van der Waals surface area (Å²) >= 11 is 0. The van der Waals surface area contributed by atoms with E-state index in [1.807, 2.05) is 78.9 Å². The molecule has 354 valence electrons. The topological polar surface area (TPSA) is 182 Å². The van der Waals surface area contributed by atoms with Gasteiger partial charge in [-0.25, -0.2) is 24.0 Å². The molecule has 0 amide bonds. The van der Waals surface area contributed by atoms with Gasteiger partial charge < -0.3 is 47.0 Å². The maximum atomic E-state index is 13.1. The molecule has 15 heteroatoms. The standard InChI is InChI=1S/C53H52O15/c1-33(2)48(54)65-30-53(31-66-49(55)34(3)4,32-67-51(57)36(7)24-37-26-62-52(58)63-27-37)29-64-44-19-10-39(11-20-44)38-8-15-42(16-9-38)59-22-23-60-43-17-12-40(13-18-43)41-14-21-45-46(25-41)61-28-47(45)68-50(56)35(5)6/h8-21,25,28,37H,1,3,5,7,22-24,26-27,29-32H2,2,4,6H3. The van der Waals surface area contributed by atoms with Crippen LogP contribution >= 0.6 is 0 Å². The number of furan rings is 1. The monoisotopic (exact) mass is 928 g/mol. The lowest BCUT2D eigenvalue weighted by atomic mass is 9.91. The van der Waals surface area contributed by atoms with Crippen molar-refractivity contribution in [1.29, 1.82) is 0 Å². The highest BCUT2D eigenvalue weighted by atomic mass is 16.7. The lowest BCUT2D eigenvalue weighted by Gasteiger charge is -2.32. The highest BCUT2D eigenvalue weighted by molar-refractivity contribution is 5.94. The summed E-state index contributed by atoms with van der Waals surface area (Å²) in [5.74, 6) is -0.873. The molecule has 1 aliphatic heterocycles. The molecule has 1 fully saturated rings. The van der Waals surface area contributed by atoms with Gasteiger partial charge in [0.2, 0.25) is 0 Å². The lowest BCUT2D eigenvalue weighted by molar-refractivity contribution is -0.159. The molecule has 0 saturated carbocycles. The van der Waals surface area contributed by atoms with Gasteiger partial charge in [-0.2, -0.15) is 0 Å². The molecule has 0 N–H and O–H groups in total. The van der Waals surface area contributed by atoms with E-state index in [4.69, 9.17) is 47.0 Å². The molecule has 2 heterocycles. The highest BCUT2D eigenvalue weighted by Crippen LogP contribution is 2.33. The second-order valence-electron chi connectivity index (χ2n) is 16.4. The first-order chi connectivity index (χ1) is 32.6. The zero-order valence-electron chi connectivity index (χ0n) is 38.1. The average Bonchev–Trinajstić information content (AvgIpc) is 3.74. The van der Waals surface area contributed by atoms with Crippen LogP contribution in [0.2, 0.25) is 0 Å². The van der Waals surface area contributed by atoms with Gasteiger partial charge in [-0.05, 0) is 98.0 Å². The molecule has 0 aliphatic carbocycles. The van der Waals surface area contributed by atoms with Crippen LogP contribution in [-0.2, 0) is 42.9 Å². The van der Waals surface area contributed by atoms with Crippen LogP contribution < -0.4 is 18.9 Å². The van der Waals surface area contributed by atoms with Crippen LogP contribution in [0.3, 0.4) is 0 Å². The molecule has 6 rings (SSSR count). The number of benzene rings is 4. The Morgan fingerprint density at radius 3 is 1.50 bits per heavy atom. The van der Waals surface area contributed by atoms with E-state index in [9.17, 15) is 24.0 Å². The largest absolute Gasteiger partial charge is 0.508 e. The van der Waals surface area contributed by atoms with Crippen molar-refractivity contribution < 1.29 is 71.0 Å². The minimum absolute atomic E-state index is 0.0564. The SMILES string of the molecule is C=C(C)C(=O)OCC(COC(=O)C(=C)C)(COC(=O)C(=C)CC1COC(=O)OC1)COc1ccc(-c2ccc(OCCOc3ccc(-c4ccc5c(OC(=O)C(=C)C)coc5c4)cc3)cc2)cc1. The Morgan fingerprint density at radius 1 is 0.574 bits per heavy atom. The first kappa shape index (κ1) is 49.4. The van der Waals surface area contributed by atoms with Crippen molar-refractivity contribution in [1.82, 2.24) is 0 Å². The van der Waals surface area contributed by atoms with Gasteiger partial charge in [-0.3, -0.25) is 0 Å². The van der Waals surface area contributed by atoms with Crippen molar-refractivity contribution in [3.8, 4) is 45.3 Å². The second kappa shape index (κ2) is 22.9. The van der Waals surface area contributed by atoms with Crippen LogP contribution in [0.25, 0.3) is 33.2 Å². The zero-order chi connectivity index (χ0) is 48.8. The minimum Gasteiger partial charge on any atom is -0.493 e. The highest BCUT2D eigenvalue weighted by Gasteiger charge is 2.38. The third-order valence-electron chi connectivity index (χ3n) is 10.4. The fourth-order valence-corrected chi connectivity index (χ4v) is 6.50. The number of hydrogen-bond acceptors (Lipinski definition) is 15. The van der Waals surface area contributed by atoms with Crippen LogP contribution in [0.15, 0.2) is 150 Å².